The maximum atomic E-state index is 12.4. The number of rotatable bonds is 6. The third kappa shape index (κ3) is 3.19. The molecule has 146 valence electrons. The van der Waals surface area contributed by atoms with E-state index in [2.05, 4.69) is 25.7 Å². The average molecular weight is 436 g/mol. The molecule has 0 amide bonds. The molecule has 9 nitrogen and oxygen atoms in total. The molecule has 28 heavy (non-hydrogen) atoms. The van der Waals surface area contributed by atoms with Crippen LogP contribution in [0.3, 0.4) is 0 Å². The van der Waals surface area contributed by atoms with Crippen LogP contribution < -0.4 is 10.9 Å². The fourth-order valence-electron chi connectivity index (χ4n) is 3.22. The zero-order valence-corrected chi connectivity index (χ0v) is 17.4. The van der Waals surface area contributed by atoms with Gasteiger partial charge in [-0.2, -0.15) is 0 Å². The highest BCUT2D eigenvalue weighted by Gasteiger charge is 2.18. The van der Waals surface area contributed by atoms with Gasteiger partial charge in [0.2, 0.25) is 10.9 Å². The van der Waals surface area contributed by atoms with Crippen LogP contribution in [-0.4, -0.2) is 48.6 Å². The maximum Gasteiger partial charge on any atom is 0.272 e. The lowest BCUT2D eigenvalue weighted by atomic mass is 10.2. The summed E-state index contributed by atoms with van der Waals surface area (Å²) < 4.78 is 10.7. The number of thioether (sulfide) groups is 1. The number of nitrogens with one attached hydrogen (secondary N) is 1. The van der Waals surface area contributed by atoms with Crippen LogP contribution in [0.15, 0.2) is 20.6 Å². The summed E-state index contributed by atoms with van der Waals surface area (Å²) in [6.07, 6.45) is 2.48. The van der Waals surface area contributed by atoms with Gasteiger partial charge in [0, 0.05) is 20.2 Å². The van der Waals surface area contributed by atoms with E-state index < -0.39 is 0 Å². The molecule has 1 fully saturated rings. The Labute approximate surface area is 171 Å². The number of aromatic nitrogens is 6. The lowest BCUT2D eigenvalue weighted by Crippen LogP contribution is -2.19. The Morgan fingerprint density at radius 2 is 2.29 bits per heavy atom. The second kappa shape index (κ2) is 7.43. The van der Waals surface area contributed by atoms with Crippen molar-refractivity contribution in [1.82, 2.24) is 29.4 Å². The molecular formula is C16H17N7O2S3. The Kier molecular flexibility index (Phi) is 4.78. The highest BCUT2D eigenvalue weighted by atomic mass is 32.2. The molecule has 1 saturated heterocycles. The molecule has 1 unspecified atom stereocenters. The predicted octanol–water partition coefficient (Wildman–Crippen LogP) is 2.38. The number of fused-ring (bicyclic) bond motifs is 3. The molecule has 0 saturated carbocycles. The molecule has 1 aliphatic rings. The number of aryl methyl sites for hydroxylation is 1. The molecule has 1 aliphatic heterocycles. The number of ether oxygens (including phenoxy) is 1. The third-order valence-corrected chi connectivity index (χ3v) is 7.54. The maximum absolute atomic E-state index is 12.4. The van der Waals surface area contributed by atoms with Gasteiger partial charge in [-0.05, 0) is 24.3 Å². The van der Waals surface area contributed by atoms with Crippen LogP contribution in [0.25, 0.3) is 16.0 Å². The van der Waals surface area contributed by atoms with Gasteiger partial charge in [0.05, 0.1) is 17.4 Å². The van der Waals surface area contributed by atoms with Gasteiger partial charge in [-0.1, -0.05) is 23.1 Å². The summed E-state index contributed by atoms with van der Waals surface area (Å²) in [5, 5.41) is 23.0. The first-order valence-electron chi connectivity index (χ1n) is 8.82. The second-order valence-electron chi connectivity index (χ2n) is 6.43. The molecular weight excluding hydrogens is 418 g/mol. The molecule has 12 heteroatoms. The molecule has 0 bridgehead atoms. The van der Waals surface area contributed by atoms with Gasteiger partial charge < -0.3 is 10.1 Å². The number of nitrogens with zero attached hydrogens (tertiary/aromatic N) is 6. The van der Waals surface area contributed by atoms with Gasteiger partial charge in [-0.3, -0.25) is 13.8 Å². The van der Waals surface area contributed by atoms with Crippen molar-refractivity contribution in [2.45, 2.75) is 29.0 Å². The van der Waals surface area contributed by atoms with Gasteiger partial charge in [0.25, 0.3) is 5.56 Å². The van der Waals surface area contributed by atoms with E-state index in [4.69, 9.17) is 4.74 Å². The Balaban J connectivity index is 1.33. The van der Waals surface area contributed by atoms with E-state index in [1.807, 2.05) is 15.8 Å². The molecule has 0 aliphatic carbocycles. The van der Waals surface area contributed by atoms with Crippen LogP contribution in [-0.2, 0) is 17.5 Å². The van der Waals surface area contributed by atoms with Crippen molar-refractivity contribution in [2.75, 3.05) is 18.5 Å². The van der Waals surface area contributed by atoms with Crippen molar-refractivity contribution in [3.05, 3.63) is 27.6 Å². The fraction of sp³-hybridized carbons (Fsp3) is 0.438. The summed E-state index contributed by atoms with van der Waals surface area (Å²) in [5.41, 5.74) is 0.801. The van der Waals surface area contributed by atoms with Crippen molar-refractivity contribution in [2.24, 2.45) is 7.05 Å². The van der Waals surface area contributed by atoms with Crippen molar-refractivity contribution < 1.29 is 4.74 Å². The molecule has 4 aromatic rings. The van der Waals surface area contributed by atoms with Crippen molar-refractivity contribution in [1.29, 1.82) is 0 Å². The monoisotopic (exact) mass is 435 g/mol. The van der Waals surface area contributed by atoms with Crippen molar-refractivity contribution in [3.8, 4) is 0 Å². The summed E-state index contributed by atoms with van der Waals surface area (Å²) in [7, 11) is 1.72. The second-order valence-corrected chi connectivity index (χ2v) is 9.54. The van der Waals surface area contributed by atoms with Crippen LogP contribution in [0.4, 0.5) is 5.13 Å². The number of hydrogen-bond acceptors (Lipinski definition) is 10. The van der Waals surface area contributed by atoms with Gasteiger partial charge in [-0.15, -0.1) is 31.7 Å². The molecule has 0 radical (unpaired) electrons. The lowest BCUT2D eigenvalue weighted by molar-refractivity contribution is 0.120. The average Bonchev–Trinajstić information content (AvgIpc) is 3.48. The third-order valence-electron chi connectivity index (χ3n) is 4.63. The Hall–Kier alpha value is -2.02. The molecule has 1 N–H and O–H groups in total. The molecule has 4 aromatic heterocycles. The zero-order valence-electron chi connectivity index (χ0n) is 15.0. The van der Waals surface area contributed by atoms with Crippen LogP contribution in [0.2, 0.25) is 0 Å². The first-order valence-corrected chi connectivity index (χ1v) is 11.5. The minimum Gasteiger partial charge on any atom is -0.376 e. The van der Waals surface area contributed by atoms with E-state index in [1.165, 1.54) is 27.2 Å². The van der Waals surface area contributed by atoms with E-state index in [9.17, 15) is 4.79 Å². The summed E-state index contributed by atoms with van der Waals surface area (Å²) in [4.78, 5) is 12.4. The quantitative estimate of drug-likeness (QED) is 0.461. The topological polar surface area (TPSA) is 99.2 Å². The summed E-state index contributed by atoms with van der Waals surface area (Å²) in [5.74, 6) is 1.91. The minimum atomic E-state index is -0.0461. The first kappa shape index (κ1) is 18.0. The fourth-order valence-corrected chi connectivity index (χ4v) is 5.74. The van der Waals surface area contributed by atoms with Crippen molar-refractivity contribution in [3.63, 3.8) is 0 Å². The van der Waals surface area contributed by atoms with E-state index in [0.29, 0.717) is 16.2 Å². The van der Waals surface area contributed by atoms with Crippen LogP contribution >= 0.6 is 34.4 Å². The first-order chi connectivity index (χ1) is 13.7. The minimum absolute atomic E-state index is 0.0461. The summed E-state index contributed by atoms with van der Waals surface area (Å²) in [6.45, 7) is 1.61. The SMILES string of the molecule is Cn1c(=O)c2sccc2n2c(CSc3nnc(NCC4CCCO4)s3)nnc12. The number of anilines is 1. The number of hydrogen-bond donors (Lipinski definition) is 1. The highest BCUT2D eigenvalue weighted by Crippen LogP contribution is 2.29. The smallest absolute Gasteiger partial charge is 0.272 e. The predicted molar refractivity (Wildman–Crippen MR) is 111 cm³/mol. The van der Waals surface area contributed by atoms with E-state index >= 15 is 0 Å². The Bertz CT molecular complexity index is 1190. The highest BCUT2D eigenvalue weighted by molar-refractivity contribution is 8.00. The van der Waals surface area contributed by atoms with Crippen LogP contribution in [0.5, 0.6) is 0 Å². The molecule has 5 heterocycles. The van der Waals surface area contributed by atoms with Gasteiger partial charge in [0.15, 0.2) is 4.34 Å². The lowest BCUT2D eigenvalue weighted by Gasteiger charge is -2.08. The van der Waals surface area contributed by atoms with Gasteiger partial charge in [0.1, 0.15) is 10.5 Å². The van der Waals surface area contributed by atoms with Crippen molar-refractivity contribution >= 4 is 55.6 Å². The largest absolute Gasteiger partial charge is 0.376 e. The van der Waals surface area contributed by atoms with Crippen LogP contribution in [0.1, 0.15) is 18.7 Å². The Morgan fingerprint density at radius 3 is 3.14 bits per heavy atom. The molecule has 0 spiro atoms. The van der Waals surface area contributed by atoms with E-state index in [-0.39, 0.29) is 11.7 Å². The zero-order chi connectivity index (χ0) is 19.1. The van der Waals surface area contributed by atoms with Gasteiger partial charge in [-0.25, -0.2) is 0 Å². The van der Waals surface area contributed by atoms with E-state index in [0.717, 1.165) is 46.8 Å². The van der Waals surface area contributed by atoms with Gasteiger partial charge >= 0.3 is 0 Å². The summed E-state index contributed by atoms with van der Waals surface area (Å²) in [6, 6.07) is 1.93. The summed E-state index contributed by atoms with van der Waals surface area (Å²) >= 11 is 4.51. The van der Waals surface area contributed by atoms with E-state index in [1.54, 1.807) is 18.8 Å². The molecule has 1 atom stereocenters. The molecule has 5 rings (SSSR count). The standard InChI is InChI=1S/C16H17N7O2S3/c1-22-13(24)12-10(4-6-26-12)23-11(18-20-15(22)23)8-27-16-21-19-14(28-16)17-7-9-3-2-5-25-9/h4,6,9H,2-3,5,7-8H2,1H3,(H,17,19). The van der Waals surface area contributed by atoms with Crippen LogP contribution in [0, 0.1) is 0 Å². The Morgan fingerprint density at radius 1 is 1.36 bits per heavy atom. The number of thiophene rings is 1. The normalized spacial score (nSPS) is 17.1. The molecule has 0 aromatic carbocycles.